The molecule has 1 aliphatic rings. The van der Waals surface area contributed by atoms with Gasteiger partial charge in [0.05, 0.1) is 6.10 Å². The van der Waals surface area contributed by atoms with Gasteiger partial charge in [0.25, 0.3) is 0 Å². The number of nitrogens with one attached hydrogen (secondary N) is 1. The number of thiazole rings is 1. The van der Waals surface area contributed by atoms with Gasteiger partial charge >= 0.3 is 4.87 Å². The monoisotopic (exact) mass is 327 g/mol. The number of aliphatic hydroxyl groups is 1. The van der Waals surface area contributed by atoms with Crippen molar-refractivity contribution in [2.45, 2.75) is 39.3 Å². The Balaban J connectivity index is 1.70. The number of likely N-dealkylation sites (tertiary alicyclic amines) is 1. The van der Waals surface area contributed by atoms with Gasteiger partial charge in [-0.25, -0.2) is 0 Å². The SMILES string of the molecule is Cc1csc(=O)n1CC(=O)NCC(O)CN1CCC(C)CC1. The zero-order chi connectivity index (χ0) is 16.1. The predicted molar refractivity (Wildman–Crippen MR) is 87.2 cm³/mol. The molecule has 0 radical (unpaired) electrons. The van der Waals surface area contributed by atoms with Crippen molar-refractivity contribution in [3.63, 3.8) is 0 Å². The number of aryl methyl sites for hydroxylation is 1. The molecule has 6 nitrogen and oxygen atoms in total. The molecule has 0 aromatic carbocycles. The minimum Gasteiger partial charge on any atom is -0.390 e. The summed E-state index contributed by atoms with van der Waals surface area (Å²) in [5.41, 5.74) is 0.785. The lowest BCUT2D eigenvalue weighted by Crippen LogP contribution is -2.43. The number of piperidine rings is 1. The summed E-state index contributed by atoms with van der Waals surface area (Å²) in [5, 5.41) is 14.5. The van der Waals surface area contributed by atoms with E-state index in [4.69, 9.17) is 0 Å². The molecule has 0 aliphatic carbocycles. The minimum atomic E-state index is -0.572. The van der Waals surface area contributed by atoms with Gasteiger partial charge in [0.1, 0.15) is 6.54 Å². The van der Waals surface area contributed by atoms with Crippen LogP contribution in [0.5, 0.6) is 0 Å². The molecule has 0 spiro atoms. The highest BCUT2D eigenvalue weighted by atomic mass is 32.1. The number of amides is 1. The smallest absolute Gasteiger partial charge is 0.307 e. The Morgan fingerprint density at radius 2 is 2.18 bits per heavy atom. The molecule has 22 heavy (non-hydrogen) atoms. The van der Waals surface area contributed by atoms with E-state index in [1.54, 1.807) is 12.3 Å². The van der Waals surface area contributed by atoms with Crippen molar-refractivity contribution in [3.05, 3.63) is 20.7 Å². The number of β-amino-alcohol motifs (C(OH)–C–C–N with tert-alkyl or cyclic N) is 1. The number of hydrogen-bond acceptors (Lipinski definition) is 5. The molecule has 1 aromatic rings. The number of hydrogen-bond donors (Lipinski definition) is 2. The molecule has 1 amide bonds. The zero-order valence-corrected chi connectivity index (χ0v) is 14.1. The fraction of sp³-hybridized carbons (Fsp3) is 0.733. The van der Waals surface area contributed by atoms with E-state index in [0.29, 0.717) is 6.54 Å². The number of nitrogens with zero attached hydrogens (tertiary/aromatic N) is 2. The zero-order valence-electron chi connectivity index (χ0n) is 13.2. The molecule has 1 aliphatic heterocycles. The van der Waals surface area contributed by atoms with Crippen LogP contribution < -0.4 is 10.2 Å². The fourth-order valence-corrected chi connectivity index (χ4v) is 3.37. The van der Waals surface area contributed by atoms with E-state index in [9.17, 15) is 14.7 Å². The van der Waals surface area contributed by atoms with Crippen LogP contribution in [0.25, 0.3) is 0 Å². The number of rotatable bonds is 6. The molecule has 7 heteroatoms. The van der Waals surface area contributed by atoms with Gasteiger partial charge in [0, 0.05) is 24.2 Å². The molecule has 2 N–H and O–H groups in total. The van der Waals surface area contributed by atoms with E-state index in [0.717, 1.165) is 36.0 Å². The molecular weight excluding hydrogens is 302 g/mol. The van der Waals surface area contributed by atoms with Crippen molar-refractivity contribution < 1.29 is 9.90 Å². The maximum Gasteiger partial charge on any atom is 0.307 e. The van der Waals surface area contributed by atoms with Crippen molar-refractivity contribution >= 4 is 17.2 Å². The van der Waals surface area contributed by atoms with Crippen LogP contribution in [0.3, 0.4) is 0 Å². The second kappa shape index (κ2) is 7.89. The van der Waals surface area contributed by atoms with Crippen LogP contribution in [-0.2, 0) is 11.3 Å². The summed E-state index contributed by atoms with van der Waals surface area (Å²) < 4.78 is 1.44. The summed E-state index contributed by atoms with van der Waals surface area (Å²) in [6.07, 6.45) is 1.76. The molecule has 1 saturated heterocycles. The van der Waals surface area contributed by atoms with Crippen molar-refractivity contribution in [3.8, 4) is 0 Å². The normalized spacial score (nSPS) is 18.3. The Morgan fingerprint density at radius 3 is 2.77 bits per heavy atom. The van der Waals surface area contributed by atoms with Crippen LogP contribution in [0.15, 0.2) is 10.2 Å². The van der Waals surface area contributed by atoms with Crippen molar-refractivity contribution in [2.24, 2.45) is 5.92 Å². The summed E-state index contributed by atoms with van der Waals surface area (Å²) in [7, 11) is 0. The van der Waals surface area contributed by atoms with Crippen LogP contribution >= 0.6 is 11.3 Å². The van der Waals surface area contributed by atoms with Gasteiger partial charge in [-0.2, -0.15) is 0 Å². The van der Waals surface area contributed by atoms with Crippen LogP contribution in [-0.4, -0.2) is 52.8 Å². The molecule has 1 fully saturated rings. The molecule has 2 heterocycles. The third kappa shape index (κ3) is 4.93. The average Bonchev–Trinajstić information content (AvgIpc) is 2.79. The lowest BCUT2D eigenvalue weighted by atomic mass is 9.99. The molecule has 0 saturated carbocycles. The number of aliphatic hydroxyl groups excluding tert-OH is 1. The summed E-state index contributed by atoms with van der Waals surface area (Å²) in [6.45, 7) is 6.90. The van der Waals surface area contributed by atoms with Crippen LogP contribution in [0.4, 0.5) is 0 Å². The van der Waals surface area contributed by atoms with Crippen molar-refractivity contribution in [2.75, 3.05) is 26.2 Å². The first-order chi connectivity index (χ1) is 10.5. The highest BCUT2D eigenvalue weighted by Gasteiger charge is 2.18. The Kier molecular flexibility index (Phi) is 6.16. The van der Waals surface area contributed by atoms with Gasteiger partial charge in [-0.15, -0.1) is 0 Å². The van der Waals surface area contributed by atoms with Crippen LogP contribution in [0, 0.1) is 12.8 Å². The van der Waals surface area contributed by atoms with Gasteiger partial charge in [-0.1, -0.05) is 18.3 Å². The average molecular weight is 327 g/mol. The number of aromatic nitrogens is 1. The first kappa shape index (κ1) is 17.2. The molecule has 124 valence electrons. The second-order valence-corrected chi connectivity index (χ2v) is 6.99. The Bertz CT molecular complexity index is 546. The maximum absolute atomic E-state index is 11.9. The third-order valence-electron chi connectivity index (χ3n) is 4.16. The highest BCUT2D eigenvalue weighted by Crippen LogP contribution is 2.15. The van der Waals surface area contributed by atoms with Gasteiger partial charge in [0.2, 0.25) is 5.91 Å². The van der Waals surface area contributed by atoms with Gasteiger partial charge < -0.3 is 15.3 Å². The first-order valence-corrected chi connectivity index (χ1v) is 8.65. The molecule has 0 bridgehead atoms. The van der Waals surface area contributed by atoms with Gasteiger partial charge in [-0.3, -0.25) is 14.2 Å². The van der Waals surface area contributed by atoms with E-state index in [2.05, 4.69) is 17.1 Å². The summed E-state index contributed by atoms with van der Waals surface area (Å²) in [5.74, 6) is 0.523. The molecule has 2 rings (SSSR count). The van der Waals surface area contributed by atoms with Gasteiger partial charge in [-0.05, 0) is 38.8 Å². The summed E-state index contributed by atoms with van der Waals surface area (Å²) >= 11 is 1.09. The van der Waals surface area contributed by atoms with E-state index >= 15 is 0 Å². The molecule has 1 unspecified atom stereocenters. The van der Waals surface area contributed by atoms with E-state index in [-0.39, 0.29) is 23.9 Å². The summed E-state index contributed by atoms with van der Waals surface area (Å²) in [4.78, 5) is 25.5. The molecule has 1 atom stereocenters. The van der Waals surface area contributed by atoms with Crippen LogP contribution in [0.2, 0.25) is 0 Å². The number of carbonyl (C=O) groups excluding carboxylic acids is 1. The minimum absolute atomic E-state index is 0.0160. The Labute approximate surface area is 134 Å². The lowest BCUT2D eigenvalue weighted by Gasteiger charge is -2.31. The largest absolute Gasteiger partial charge is 0.390 e. The second-order valence-electron chi connectivity index (χ2n) is 6.17. The maximum atomic E-state index is 11.9. The Morgan fingerprint density at radius 1 is 1.50 bits per heavy atom. The van der Waals surface area contributed by atoms with E-state index in [1.807, 2.05) is 0 Å². The third-order valence-corrected chi connectivity index (χ3v) is 5.04. The fourth-order valence-electron chi connectivity index (χ4n) is 2.63. The van der Waals surface area contributed by atoms with E-state index < -0.39 is 6.10 Å². The topological polar surface area (TPSA) is 74.6 Å². The standard InChI is InChI=1S/C15H25N3O3S/c1-11-3-5-17(6-4-11)8-13(19)7-16-14(20)9-18-12(2)10-22-15(18)21/h10-11,13,19H,3-9H2,1-2H3,(H,16,20). The number of carbonyl (C=O) groups is 1. The van der Waals surface area contributed by atoms with Crippen LogP contribution in [0.1, 0.15) is 25.5 Å². The highest BCUT2D eigenvalue weighted by molar-refractivity contribution is 7.07. The van der Waals surface area contributed by atoms with Gasteiger partial charge in [0.15, 0.2) is 0 Å². The quantitative estimate of drug-likeness (QED) is 0.794. The Hall–Kier alpha value is -1.18. The van der Waals surface area contributed by atoms with Crippen molar-refractivity contribution in [1.82, 2.24) is 14.8 Å². The summed E-state index contributed by atoms with van der Waals surface area (Å²) in [6, 6.07) is 0. The molecule has 1 aromatic heterocycles. The predicted octanol–water partition coefficient (Wildman–Crippen LogP) is 0.427. The molecular formula is C15H25N3O3S. The van der Waals surface area contributed by atoms with Crippen molar-refractivity contribution in [1.29, 1.82) is 0 Å². The lowest BCUT2D eigenvalue weighted by molar-refractivity contribution is -0.122. The first-order valence-electron chi connectivity index (χ1n) is 7.77. The van der Waals surface area contributed by atoms with E-state index in [1.165, 1.54) is 17.4 Å².